The molecule has 6 heteroatoms. The third-order valence-corrected chi connectivity index (χ3v) is 5.06. The van der Waals surface area contributed by atoms with Crippen molar-refractivity contribution in [3.8, 4) is 0 Å². The van der Waals surface area contributed by atoms with Crippen molar-refractivity contribution in [3.05, 3.63) is 34.7 Å². The van der Waals surface area contributed by atoms with E-state index >= 15 is 0 Å². The second-order valence-corrected chi connectivity index (χ2v) is 6.50. The fourth-order valence-corrected chi connectivity index (χ4v) is 4.00. The van der Waals surface area contributed by atoms with Gasteiger partial charge >= 0.3 is 0 Å². The minimum Gasteiger partial charge on any atom is -0.448 e. The minimum absolute atomic E-state index is 0.175. The van der Waals surface area contributed by atoms with Gasteiger partial charge in [0.1, 0.15) is 5.76 Å². The summed E-state index contributed by atoms with van der Waals surface area (Å²) >= 11 is 3.20. The lowest BCUT2D eigenvalue weighted by atomic mass is 9.63. The molecule has 5 rings (SSSR count). The van der Waals surface area contributed by atoms with Gasteiger partial charge in [-0.15, -0.1) is 0 Å². The Labute approximate surface area is 129 Å². The van der Waals surface area contributed by atoms with E-state index in [9.17, 15) is 9.59 Å². The number of amides is 2. The summed E-state index contributed by atoms with van der Waals surface area (Å²) in [6.07, 6.45) is 7.58. The highest BCUT2D eigenvalue weighted by atomic mass is 79.9. The van der Waals surface area contributed by atoms with Crippen LogP contribution in [-0.2, 0) is 9.59 Å². The summed E-state index contributed by atoms with van der Waals surface area (Å²) < 4.78 is 5.88. The van der Waals surface area contributed by atoms with Gasteiger partial charge in [-0.2, -0.15) is 10.1 Å². The predicted molar refractivity (Wildman–Crippen MR) is 78.2 cm³/mol. The first-order valence-corrected chi connectivity index (χ1v) is 7.80. The number of halogens is 1. The van der Waals surface area contributed by atoms with Crippen LogP contribution in [0.2, 0.25) is 0 Å². The normalized spacial score (nSPS) is 34.2. The van der Waals surface area contributed by atoms with Gasteiger partial charge in [0.25, 0.3) is 11.8 Å². The van der Waals surface area contributed by atoms with E-state index in [1.54, 1.807) is 12.1 Å². The first kappa shape index (κ1) is 13.0. The van der Waals surface area contributed by atoms with Gasteiger partial charge in [-0.25, -0.2) is 0 Å². The van der Waals surface area contributed by atoms with Crippen molar-refractivity contribution in [3.63, 3.8) is 0 Å². The van der Waals surface area contributed by atoms with Crippen LogP contribution in [0, 0.1) is 23.7 Å². The standard InChI is InChI=1S/C15H13BrN2O3/c16-11-6-5-10(21-11)7-17-18-14(19)12-8-1-2-9(4-3-8)13(12)15(18)20/h1-2,5-9,12-13H,3-4H2/b17-7-/t8-,9+,12-,13+. The van der Waals surface area contributed by atoms with Crippen molar-refractivity contribution in [2.75, 3.05) is 0 Å². The highest BCUT2D eigenvalue weighted by molar-refractivity contribution is 9.10. The number of rotatable bonds is 2. The van der Waals surface area contributed by atoms with Crippen molar-refractivity contribution >= 4 is 34.0 Å². The summed E-state index contributed by atoms with van der Waals surface area (Å²) in [5.41, 5.74) is 0. The summed E-state index contributed by atoms with van der Waals surface area (Å²) in [5, 5.41) is 5.09. The second kappa shape index (κ2) is 4.66. The lowest BCUT2D eigenvalue weighted by Crippen LogP contribution is -2.38. The molecule has 1 aliphatic heterocycles. The quantitative estimate of drug-likeness (QED) is 0.468. The molecule has 1 saturated heterocycles. The van der Waals surface area contributed by atoms with Gasteiger partial charge in [-0.1, -0.05) is 12.2 Å². The highest BCUT2D eigenvalue weighted by Gasteiger charge is 2.56. The Morgan fingerprint density at radius 3 is 2.24 bits per heavy atom. The smallest absolute Gasteiger partial charge is 0.254 e. The van der Waals surface area contributed by atoms with Crippen LogP contribution in [0.3, 0.4) is 0 Å². The molecule has 0 spiro atoms. The first-order valence-electron chi connectivity index (χ1n) is 7.00. The van der Waals surface area contributed by atoms with Gasteiger partial charge in [0.15, 0.2) is 4.67 Å². The number of carbonyl (C=O) groups is 2. The van der Waals surface area contributed by atoms with Gasteiger partial charge in [0, 0.05) is 0 Å². The largest absolute Gasteiger partial charge is 0.448 e. The summed E-state index contributed by atoms with van der Waals surface area (Å²) in [7, 11) is 0. The van der Waals surface area contributed by atoms with Crippen LogP contribution >= 0.6 is 15.9 Å². The molecule has 1 aromatic rings. The Bertz CT molecular complexity index is 646. The number of fused-ring (bicyclic) bond motifs is 1. The van der Waals surface area contributed by atoms with Gasteiger partial charge < -0.3 is 4.42 Å². The summed E-state index contributed by atoms with van der Waals surface area (Å²) in [6, 6.07) is 3.45. The van der Waals surface area contributed by atoms with Crippen LogP contribution in [0.15, 0.2) is 38.5 Å². The summed E-state index contributed by atoms with van der Waals surface area (Å²) in [6.45, 7) is 0. The molecule has 0 aromatic carbocycles. The van der Waals surface area contributed by atoms with E-state index in [0.717, 1.165) is 17.9 Å². The molecule has 2 fully saturated rings. The minimum atomic E-state index is -0.221. The van der Waals surface area contributed by atoms with Crippen LogP contribution < -0.4 is 0 Å². The van der Waals surface area contributed by atoms with Crippen LogP contribution in [0.5, 0.6) is 0 Å². The molecule has 21 heavy (non-hydrogen) atoms. The lowest BCUT2D eigenvalue weighted by molar-refractivity contribution is -0.140. The zero-order chi connectivity index (χ0) is 14.6. The molecule has 0 N–H and O–H groups in total. The van der Waals surface area contributed by atoms with Gasteiger partial charge in [-0.3, -0.25) is 9.59 Å². The average Bonchev–Trinajstić information content (AvgIpc) is 3.03. The Morgan fingerprint density at radius 2 is 1.76 bits per heavy atom. The van der Waals surface area contributed by atoms with Gasteiger partial charge in [-0.05, 0) is 52.7 Å². The predicted octanol–water partition coefficient (Wildman–Crippen LogP) is 2.57. The number of hydrazone groups is 1. The zero-order valence-electron chi connectivity index (χ0n) is 11.1. The van der Waals surface area contributed by atoms with E-state index < -0.39 is 0 Å². The van der Waals surface area contributed by atoms with Gasteiger partial charge in [0.2, 0.25) is 0 Å². The van der Waals surface area contributed by atoms with Crippen molar-refractivity contribution in [2.45, 2.75) is 12.8 Å². The van der Waals surface area contributed by atoms with E-state index in [-0.39, 0.29) is 35.5 Å². The average molecular weight is 349 g/mol. The monoisotopic (exact) mass is 348 g/mol. The third-order valence-electron chi connectivity index (χ3n) is 4.63. The molecule has 4 atom stereocenters. The fourth-order valence-electron chi connectivity index (χ4n) is 3.68. The molecule has 4 aliphatic rings. The third kappa shape index (κ3) is 1.92. The van der Waals surface area contributed by atoms with Crippen molar-refractivity contribution < 1.29 is 14.0 Å². The molecular formula is C15H13BrN2O3. The van der Waals surface area contributed by atoms with Crippen LogP contribution in [0.25, 0.3) is 0 Å². The molecule has 0 radical (unpaired) electrons. The SMILES string of the molecule is O=C1[C@@H]2[C@H](C(=O)N1/N=C\c1ccc(Br)o1)[C@@H]1C=C[C@H]2CC1. The summed E-state index contributed by atoms with van der Waals surface area (Å²) in [4.78, 5) is 25.0. The summed E-state index contributed by atoms with van der Waals surface area (Å²) in [5.74, 6) is 0.0857. The number of carbonyl (C=O) groups excluding carboxylic acids is 2. The molecule has 1 aromatic heterocycles. The number of allylic oxidation sites excluding steroid dienone is 2. The molecular weight excluding hydrogens is 336 g/mol. The number of hydrogen-bond donors (Lipinski definition) is 0. The molecule has 2 heterocycles. The van der Waals surface area contributed by atoms with Crippen LogP contribution in [0.4, 0.5) is 0 Å². The second-order valence-electron chi connectivity index (χ2n) is 5.72. The number of imide groups is 1. The van der Waals surface area contributed by atoms with Crippen molar-refractivity contribution in [1.82, 2.24) is 5.01 Å². The van der Waals surface area contributed by atoms with E-state index in [1.165, 1.54) is 6.21 Å². The number of hydrogen-bond acceptors (Lipinski definition) is 4. The lowest BCUT2D eigenvalue weighted by Gasteiger charge is -2.37. The van der Waals surface area contributed by atoms with E-state index in [0.29, 0.717) is 10.4 Å². The van der Waals surface area contributed by atoms with Crippen LogP contribution in [-0.4, -0.2) is 23.0 Å². The molecule has 108 valence electrons. The van der Waals surface area contributed by atoms with E-state index in [1.807, 2.05) is 0 Å². The number of nitrogens with zero attached hydrogens (tertiary/aromatic N) is 2. The zero-order valence-corrected chi connectivity index (χ0v) is 12.7. The maximum atomic E-state index is 12.5. The highest BCUT2D eigenvalue weighted by Crippen LogP contribution is 2.49. The Kier molecular flexibility index (Phi) is 2.89. The molecule has 2 amide bonds. The first-order chi connectivity index (χ1) is 10.1. The molecule has 0 unspecified atom stereocenters. The Morgan fingerprint density at radius 1 is 1.14 bits per heavy atom. The van der Waals surface area contributed by atoms with Crippen molar-refractivity contribution in [2.24, 2.45) is 28.8 Å². The van der Waals surface area contributed by atoms with Crippen molar-refractivity contribution in [1.29, 1.82) is 0 Å². The van der Waals surface area contributed by atoms with Gasteiger partial charge in [0.05, 0.1) is 18.1 Å². The van der Waals surface area contributed by atoms with E-state index in [4.69, 9.17) is 4.42 Å². The maximum absolute atomic E-state index is 12.5. The molecule has 5 nitrogen and oxygen atoms in total. The Balaban J connectivity index is 1.62. The molecule has 1 saturated carbocycles. The topological polar surface area (TPSA) is 62.9 Å². The molecule has 2 bridgehead atoms. The fraction of sp³-hybridized carbons (Fsp3) is 0.400. The Hall–Kier alpha value is -1.69. The number of furan rings is 1. The maximum Gasteiger partial charge on any atom is 0.254 e. The molecule has 3 aliphatic carbocycles. The van der Waals surface area contributed by atoms with E-state index in [2.05, 4.69) is 33.2 Å². The van der Waals surface area contributed by atoms with Crippen LogP contribution in [0.1, 0.15) is 18.6 Å².